The number of nitrogens with two attached hydrogens (primary N) is 1. The monoisotopic (exact) mass is 298 g/mol. The van der Waals surface area contributed by atoms with Crippen LogP contribution in [0.1, 0.15) is 18.9 Å². The number of amides is 1. The van der Waals surface area contributed by atoms with Gasteiger partial charge in [-0.05, 0) is 54.3 Å². The number of anilines is 1. The lowest BCUT2D eigenvalue weighted by Gasteiger charge is -2.18. The molecule has 0 radical (unpaired) electrons. The van der Waals surface area contributed by atoms with Crippen LogP contribution >= 0.6 is 0 Å². The van der Waals surface area contributed by atoms with E-state index in [1.54, 1.807) is 11.0 Å². The predicted octanol–water partition coefficient (Wildman–Crippen LogP) is 3.12. The van der Waals surface area contributed by atoms with E-state index < -0.39 is 0 Å². The van der Waals surface area contributed by atoms with Gasteiger partial charge in [-0.25, -0.2) is 4.39 Å². The molecule has 0 aromatic heterocycles. The molecule has 0 saturated heterocycles. The van der Waals surface area contributed by atoms with Gasteiger partial charge in [0.1, 0.15) is 5.82 Å². The van der Waals surface area contributed by atoms with Crippen LogP contribution in [0.3, 0.4) is 0 Å². The molecule has 1 atom stereocenters. The molecule has 2 aromatic carbocycles. The molecule has 0 aliphatic carbocycles. The van der Waals surface area contributed by atoms with Gasteiger partial charge in [-0.2, -0.15) is 0 Å². The summed E-state index contributed by atoms with van der Waals surface area (Å²) in [6.07, 6.45) is 1.17. The fraction of sp³-hybridized carbons (Fsp3) is 0.278. The van der Waals surface area contributed by atoms with Gasteiger partial charge in [0.15, 0.2) is 0 Å². The third-order valence-corrected chi connectivity index (χ3v) is 3.93. The zero-order chi connectivity index (χ0) is 15.7. The summed E-state index contributed by atoms with van der Waals surface area (Å²) in [6.45, 7) is 2.52. The van der Waals surface area contributed by atoms with Crippen molar-refractivity contribution in [1.82, 2.24) is 0 Å². The minimum absolute atomic E-state index is 0.0623. The summed E-state index contributed by atoms with van der Waals surface area (Å²) in [7, 11) is 0. The molecule has 3 rings (SSSR count). The molecule has 2 N–H and O–H groups in total. The number of fused-ring (bicyclic) bond motifs is 1. The number of hydrogen-bond acceptors (Lipinski definition) is 2. The lowest BCUT2D eigenvalue weighted by molar-refractivity contribution is -0.118. The molecule has 1 heterocycles. The standard InChI is InChI=1S/C18H19FN2O/c1-12(20)9-18(22)21-8-7-15-10-14(5-6-17(15)21)13-3-2-4-16(19)11-13/h2-6,10-12H,7-9,20H2,1H3. The van der Waals surface area contributed by atoms with Crippen LogP contribution in [-0.2, 0) is 11.2 Å². The van der Waals surface area contributed by atoms with E-state index in [0.717, 1.165) is 28.8 Å². The summed E-state index contributed by atoms with van der Waals surface area (Å²) < 4.78 is 13.4. The summed E-state index contributed by atoms with van der Waals surface area (Å²) in [5.41, 5.74) is 9.61. The van der Waals surface area contributed by atoms with Crippen molar-refractivity contribution < 1.29 is 9.18 Å². The summed E-state index contributed by atoms with van der Waals surface area (Å²) in [5, 5.41) is 0. The maximum atomic E-state index is 13.4. The van der Waals surface area contributed by atoms with Crippen molar-refractivity contribution >= 4 is 11.6 Å². The van der Waals surface area contributed by atoms with E-state index in [9.17, 15) is 9.18 Å². The highest BCUT2D eigenvalue weighted by Gasteiger charge is 2.25. The molecule has 0 saturated carbocycles. The highest BCUT2D eigenvalue weighted by Crippen LogP contribution is 2.33. The lowest BCUT2D eigenvalue weighted by Crippen LogP contribution is -2.33. The summed E-state index contributed by atoms with van der Waals surface area (Å²) >= 11 is 0. The average molecular weight is 298 g/mol. The molecule has 4 heteroatoms. The fourth-order valence-corrected chi connectivity index (χ4v) is 2.89. The van der Waals surface area contributed by atoms with E-state index >= 15 is 0 Å². The van der Waals surface area contributed by atoms with E-state index in [2.05, 4.69) is 0 Å². The average Bonchev–Trinajstić information content (AvgIpc) is 2.89. The van der Waals surface area contributed by atoms with Crippen molar-refractivity contribution in [3.8, 4) is 11.1 Å². The largest absolute Gasteiger partial charge is 0.327 e. The molecule has 0 bridgehead atoms. The molecule has 1 amide bonds. The van der Waals surface area contributed by atoms with Crippen molar-refractivity contribution in [2.75, 3.05) is 11.4 Å². The molecule has 3 nitrogen and oxygen atoms in total. The topological polar surface area (TPSA) is 46.3 Å². The highest BCUT2D eigenvalue weighted by atomic mass is 19.1. The highest BCUT2D eigenvalue weighted by molar-refractivity contribution is 5.96. The Labute approximate surface area is 129 Å². The number of hydrogen-bond donors (Lipinski definition) is 1. The van der Waals surface area contributed by atoms with Gasteiger partial charge in [0.2, 0.25) is 5.91 Å². The van der Waals surface area contributed by atoms with Gasteiger partial charge in [-0.15, -0.1) is 0 Å². The molecule has 1 aliphatic heterocycles. The van der Waals surface area contributed by atoms with E-state index in [1.807, 2.05) is 31.2 Å². The number of benzene rings is 2. The molecule has 1 aliphatic rings. The minimum atomic E-state index is -0.244. The van der Waals surface area contributed by atoms with Crippen molar-refractivity contribution in [2.24, 2.45) is 5.73 Å². The molecule has 1 unspecified atom stereocenters. The van der Waals surface area contributed by atoms with Crippen LogP contribution < -0.4 is 10.6 Å². The minimum Gasteiger partial charge on any atom is -0.327 e. The Morgan fingerprint density at radius 1 is 1.27 bits per heavy atom. The SMILES string of the molecule is CC(N)CC(=O)N1CCc2cc(-c3cccc(F)c3)ccc21. The first kappa shape index (κ1) is 14.7. The van der Waals surface area contributed by atoms with Crippen molar-refractivity contribution in [1.29, 1.82) is 0 Å². The zero-order valence-corrected chi connectivity index (χ0v) is 12.6. The number of halogens is 1. The van der Waals surface area contributed by atoms with Gasteiger partial charge >= 0.3 is 0 Å². The molecule has 2 aromatic rings. The molecule has 22 heavy (non-hydrogen) atoms. The number of rotatable bonds is 3. The number of carbonyl (C=O) groups is 1. The smallest absolute Gasteiger partial charge is 0.228 e. The van der Waals surface area contributed by atoms with Gasteiger partial charge in [0.25, 0.3) is 0 Å². The van der Waals surface area contributed by atoms with Crippen LogP contribution in [0.15, 0.2) is 42.5 Å². The Hall–Kier alpha value is -2.20. The van der Waals surface area contributed by atoms with Crippen LogP contribution in [0.5, 0.6) is 0 Å². The fourth-order valence-electron chi connectivity index (χ4n) is 2.89. The van der Waals surface area contributed by atoms with E-state index in [-0.39, 0.29) is 17.8 Å². The third kappa shape index (κ3) is 2.88. The summed E-state index contributed by atoms with van der Waals surface area (Å²) in [4.78, 5) is 14.0. The van der Waals surface area contributed by atoms with Crippen molar-refractivity contribution in [2.45, 2.75) is 25.8 Å². The molecule has 114 valence electrons. The van der Waals surface area contributed by atoms with Gasteiger partial charge < -0.3 is 10.6 Å². The lowest BCUT2D eigenvalue weighted by atomic mass is 10.0. The summed E-state index contributed by atoms with van der Waals surface area (Å²) in [6, 6.07) is 12.3. The Morgan fingerprint density at radius 3 is 2.77 bits per heavy atom. The van der Waals surface area contributed by atoms with E-state index in [4.69, 9.17) is 5.73 Å². The summed E-state index contributed by atoms with van der Waals surface area (Å²) in [5.74, 6) is -0.181. The van der Waals surface area contributed by atoms with Gasteiger partial charge in [-0.1, -0.05) is 18.2 Å². The van der Waals surface area contributed by atoms with Crippen LogP contribution in [0.2, 0.25) is 0 Å². The van der Waals surface area contributed by atoms with Crippen molar-refractivity contribution in [3.63, 3.8) is 0 Å². The number of nitrogens with zero attached hydrogens (tertiary/aromatic N) is 1. The Balaban J connectivity index is 1.89. The maximum absolute atomic E-state index is 13.4. The number of carbonyl (C=O) groups excluding carboxylic acids is 1. The van der Waals surface area contributed by atoms with Gasteiger partial charge in [0, 0.05) is 24.7 Å². The van der Waals surface area contributed by atoms with E-state index in [0.29, 0.717) is 13.0 Å². The molecule has 0 fully saturated rings. The first-order chi connectivity index (χ1) is 10.5. The normalized spacial score (nSPS) is 14.8. The molecular weight excluding hydrogens is 279 g/mol. The first-order valence-electron chi connectivity index (χ1n) is 7.49. The second kappa shape index (κ2) is 5.89. The second-order valence-corrected chi connectivity index (χ2v) is 5.83. The maximum Gasteiger partial charge on any atom is 0.228 e. The quantitative estimate of drug-likeness (QED) is 0.946. The van der Waals surface area contributed by atoms with E-state index in [1.165, 1.54) is 12.1 Å². The first-order valence-corrected chi connectivity index (χ1v) is 7.49. The second-order valence-electron chi connectivity index (χ2n) is 5.83. The Kier molecular flexibility index (Phi) is 3.94. The third-order valence-electron chi connectivity index (χ3n) is 3.93. The van der Waals surface area contributed by atoms with Gasteiger partial charge in [-0.3, -0.25) is 4.79 Å². The molecule has 0 spiro atoms. The van der Waals surface area contributed by atoms with Crippen LogP contribution in [-0.4, -0.2) is 18.5 Å². The van der Waals surface area contributed by atoms with Crippen LogP contribution in [0.4, 0.5) is 10.1 Å². The van der Waals surface area contributed by atoms with Gasteiger partial charge in [0.05, 0.1) is 0 Å². The van der Waals surface area contributed by atoms with Crippen LogP contribution in [0, 0.1) is 5.82 Å². The molecular formula is C18H19FN2O. The Morgan fingerprint density at radius 2 is 2.05 bits per heavy atom. The zero-order valence-electron chi connectivity index (χ0n) is 12.6. The Bertz CT molecular complexity index is 712. The predicted molar refractivity (Wildman–Crippen MR) is 86.2 cm³/mol. The van der Waals surface area contributed by atoms with Crippen molar-refractivity contribution in [3.05, 3.63) is 53.8 Å². The van der Waals surface area contributed by atoms with Crippen LogP contribution in [0.25, 0.3) is 11.1 Å².